The van der Waals surface area contributed by atoms with Gasteiger partial charge in [0.1, 0.15) is 5.75 Å². The van der Waals surface area contributed by atoms with E-state index in [1.165, 1.54) is 0 Å². The SMILES string of the molecule is CC(C)COc1ccc(S(=O)(=O)NCc2cc(-c3ccncc3)n(C)n2)cc1. The number of rotatable bonds is 8. The fourth-order valence-electron chi connectivity index (χ4n) is 2.64. The highest BCUT2D eigenvalue weighted by atomic mass is 32.2. The molecule has 3 aromatic rings. The van der Waals surface area contributed by atoms with Crippen LogP contribution in [0.4, 0.5) is 0 Å². The first-order valence-electron chi connectivity index (χ1n) is 9.01. The van der Waals surface area contributed by atoms with Crippen LogP contribution in [0.3, 0.4) is 0 Å². The molecule has 8 heteroatoms. The van der Waals surface area contributed by atoms with Gasteiger partial charge in [-0.05, 0) is 48.4 Å². The van der Waals surface area contributed by atoms with E-state index in [9.17, 15) is 8.42 Å². The van der Waals surface area contributed by atoms with Crippen LogP contribution in [0.25, 0.3) is 11.3 Å². The summed E-state index contributed by atoms with van der Waals surface area (Å²) < 4.78 is 35.0. The third-order valence-corrected chi connectivity index (χ3v) is 5.48. The lowest BCUT2D eigenvalue weighted by atomic mass is 10.2. The third-order valence-electron chi connectivity index (χ3n) is 4.07. The van der Waals surface area contributed by atoms with Gasteiger partial charge >= 0.3 is 0 Å². The van der Waals surface area contributed by atoms with E-state index in [4.69, 9.17) is 4.74 Å². The Balaban J connectivity index is 1.67. The average molecular weight is 401 g/mol. The maximum Gasteiger partial charge on any atom is 0.240 e. The monoisotopic (exact) mass is 400 g/mol. The molecule has 3 rings (SSSR count). The molecular formula is C20H24N4O3S. The van der Waals surface area contributed by atoms with Gasteiger partial charge < -0.3 is 4.74 Å². The van der Waals surface area contributed by atoms with Crippen molar-refractivity contribution < 1.29 is 13.2 Å². The van der Waals surface area contributed by atoms with Gasteiger partial charge in [-0.1, -0.05) is 13.8 Å². The van der Waals surface area contributed by atoms with Gasteiger partial charge in [0.25, 0.3) is 0 Å². The van der Waals surface area contributed by atoms with Crippen molar-refractivity contribution in [2.45, 2.75) is 25.3 Å². The number of ether oxygens (including phenoxy) is 1. The Kier molecular flexibility index (Phi) is 6.11. The van der Waals surface area contributed by atoms with Crippen LogP contribution in [0.5, 0.6) is 5.75 Å². The van der Waals surface area contributed by atoms with E-state index in [2.05, 4.69) is 28.7 Å². The largest absolute Gasteiger partial charge is 0.493 e. The summed E-state index contributed by atoms with van der Waals surface area (Å²) in [7, 11) is -1.82. The predicted molar refractivity (Wildman–Crippen MR) is 107 cm³/mol. The molecular weight excluding hydrogens is 376 g/mol. The van der Waals surface area contributed by atoms with E-state index in [0.29, 0.717) is 24.0 Å². The Morgan fingerprint density at radius 2 is 1.79 bits per heavy atom. The first-order chi connectivity index (χ1) is 13.3. The second-order valence-electron chi connectivity index (χ2n) is 6.88. The fourth-order valence-corrected chi connectivity index (χ4v) is 3.64. The molecule has 0 unspecified atom stereocenters. The summed E-state index contributed by atoms with van der Waals surface area (Å²) in [5.41, 5.74) is 2.49. The topological polar surface area (TPSA) is 86.1 Å². The molecule has 7 nitrogen and oxygen atoms in total. The van der Waals surface area contributed by atoms with Crippen LogP contribution >= 0.6 is 0 Å². The van der Waals surface area contributed by atoms with Crippen molar-refractivity contribution >= 4 is 10.0 Å². The summed E-state index contributed by atoms with van der Waals surface area (Å²) in [6.07, 6.45) is 3.42. The minimum atomic E-state index is -3.64. The van der Waals surface area contributed by atoms with Crippen molar-refractivity contribution in [2.24, 2.45) is 13.0 Å². The molecule has 1 aromatic carbocycles. The molecule has 2 heterocycles. The van der Waals surface area contributed by atoms with Crippen LogP contribution in [0.15, 0.2) is 59.8 Å². The number of hydrogen-bond acceptors (Lipinski definition) is 5. The van der Waals surface area contributed by atoms with Crippen LogP contribution < -0.4 is 9.46 Å². The zero-order valence-electron chi connectivity index (χ0n) is 16.2. The summed E-state index contributed by atoms with van der Waals surface area (Å²) in [5.74, 6) is 1.06. The van der Waals surface area contributed by atoms with Crippen molar-refractivity contribution in [3.05, 3.63) is 60.6 Å². The third kappa shape index (κ3) is 4.96. The van der Waals surface area contributed by atoms with Crippen molar-refractivity contribution in [3.63, 3.8) is 0 Å². The number of nitrogens with one attached hydrogen (secondary N) is 1. The summed E-state index contributed by atoms with van der Waals surface area (Å²) in [5, 5.41) is 4.39. The van der Waals surface area contributed by atoms with Gasteiger partial charge in [0.2, 0.25) is 10.0 Å². The number of hydrogen-bond donors (Lipinski definition) is 1. The molecule has 0 spiro atoms. The highest BCUT2D eigenvalue weighted by Crippen LogP contribution is 2.20. The number of aryl methyl sites for hydroxylation is 1. The van der Waals surface area contributed by atoms with Crippen molar-refractivity contribution in [1.29, 1.82) is 0 Å². The Labute approximate surface area is 165 Å². The normalized spacial score (nSPS) is 11.7. The predicted octanol–water partition coefficient (Wildman–Crippen LogP) is 3.00. The zero-order chi connectivity index (χ0) is 20.1. The maximum atomic E-state index is 12.5. The number of benzene rings is 1. The van der Waals surface area contributed by atoms with Gasteiger partial charge in [-0.2, -0.15) is 5.10 Å². The molecule has 0 radical (unpaired) electrons. The van der Waals surface area contributed by atoms with Gasteiger partial charge in [-0.3, -0.25) is 9.67 Å². The Morgan fingerprint density at radius 3 is 2.43 bits per heavy atom. The van der Waals surface area contributed by atoms with E-state index < -0.39 is 10.0 Å². The van der Waals surface area contributed by atoms with E-state index in [1.54, 1.807) is 41.3 Å². The molecule has 28 heavy (non-hydrogen) atoms. The molecule has 2 aromatic heterocycles. The molecule has 0 bridgehead atoms. The van der Waals surface area contributed by atoms with E-state index in [1.807, 2.05) is 25.2 Å². The van der Waals surface area contributed by atoms with Gasteiger partial charge in [0.15, 0.2) is 0 Å². The highest BCUT2D eigenvalue weighted by molar-refractivity contribution is 7.89. The minimum absolute atomic E-state index is 0.104. The van der Waals surface area contributed by atoms with Gasteiger partial charge in [-0.15, -0.1) is 0 Å². The number of sulfonamides is 1. The standard InChI is InChI=1S/C20H24N4O3S/c1-15(2)14-27-18-4-6-19(7-5-18)28(25,26)22-13-17-12-20(24(3)23-17)16-8-10-21-11-9-16/h4-12,15,22H,13-14H2,1-3H3. The summed E-state index contributed by atoms with van der Waals surface area (Å²) in [4.78, 5) is 4.20. The zero-order valence-corrected chi connectivity index (χ0v) is 17.0. The molecule has 0 atom stereocenters. The van der Waals surface area contributed by atoms with E-state index in [-0.39, 0.29) is 11.4 Å². The van der Waals surface area contributed by atoms with Crippen molar-refractivity contribution in [3.8, 4) is 17.0 Å². The molecule has 0 saturated carbocycles. The van der Waals surface area contributed by atoms with E-state index in [0.717, 1.165) is 11.3 Å². The molecule has 148 valence electrons. The lowest BCUT2D eigenvalue weighted by molar-refractivity contribution is 0.271. The van der Waals surface area contributed by atoms with E-state index >= 15 is 0 Å². The molecule has 0 saturated heterocycles. The second kappa shape index (κ2) is 8.53. The number of aromatic nitrogens is 3. The lowest BCUT2D eigenvalue weighted by Gasteiger charge is -2.10. The summed E-state index contributed by atoms with van der Waals surface area (Å²) >= 11 is 0. The van der Waals surface area contributed by atoms with Crippen LogP contribution in [0.1, 0.15) is 19.5 Å². The molecule has 1 N–H and O–H groups in total. The highest BCUT2D eigenvalue weighted by Gasteiger charge is 2.15. The Bertz CT molecular complexity index is 1010. The molecule has 0 aliphatic carbocycles. The maximum absolute atomic E-state index is 12.5. The fraction of sp³-hybridized carbons (Fsp3) is 0.300. The second-order valence-corrected chi connectivity index (χ2v) is 8.65. The minimum Gasteiger partial charge on any atom is -0.493 e. The molecule has 0 aliphatic rings. The Morgan fingerprint density at radius 1 is 1.11 bits per heavy atom. The van der Waals surface area contributed by atoms with Crippen LogP contribution in [-0.2, 0) is 23.6 Å². The first kappa shape index (κ1) is 20.0. The van der Waals surface area contributed by atoms with Gasteiger partial charge in [0.05, 0.1) is 29.4 Å². The van der Waals surface area contributed by atoms with Crippen molar-refractivity contribution in [2.75, 3.05) is 6.61 Å². The summed E-state index contributed by atoms with van der Waals surface area (Å²) in [6.45, 7) is 4.80. The average Bonchev–Trinajstić information content (AvgIpc) is 3.06. The molecule has 0 aliphatic heterocycles. The lowest BCUT2D eigenvalue weighted by Crippen LogP contribution is -2.23. The number of pyridine rings is 1. The molecule has 0 amide bonds. The van der Waals surface area contributed by atoms with Crippen LogP contribution in [0, 0.1) is 5.92 Å². The van der Waals surface area contributed by atoms with Crippen LogP contribution in [-0.4, -0.2) is 29.8 Å². The smallest absolute Gasteiger partial charge is 0.240 e. The first-order valence-corrected chi connectivity index (χ1v) is 10.5. The summed E-state index contributed by atoms with van der Waals surface area (Å²) in [6, 6.07) is 12.0. The Hall–Kier alpha value is -2.71. The van der Waals surface area contributed by atoms with Gasteiger partial charge in [0, 0.05) is 25.0 Å². The van der Waals surface area contributed by atoms with Crippen LogP contribution in [0.2, 0.25) is 0 Å². The van der Waals surface area contributed by atoms with Crippen molar-refractivity contribution in [1.82, 2.24) is 19.5 Å². The quantitative estimate of drug-likeness (QED) is 0.628. The van der Waals surface area contributed by atoms with Gasteiger partial charge in [-0.25, -0.2) is 13.1 Å². The number of nitrogens with zero attached hydrogens (tertiary/aromatic N) is 3. The molecule has 0 fully saturated rings.